The normalized spacial score (nSPS) is 15.3. The van der Waals surface area contributed by atoms with Gasteiger partial charge in [-0.2, -0.15) is 0 Å². The Balaban J connectivity index is 1.56. The molecule has 1 aliphatic carbocycles. The van der Waals surface area contributed by atoms with Gasteiger partial charge in [0.25, 0.3) is 0 Å². The lowest BCUT2D eigenvalue weighted by Crippen LogP contribution is -2.29. The topological polar surface area (TPSA) is 73.1 Å². The zero-order chi connectivity index (χ0) is 13.1. The molecule has 0 spiro atoms. The first-order chi connectivity index (χ1) is 9.35. The second-order valence-electron chi connectivity index (χ2n) is 4.96. The molecule has 3 rings (SSSR count). The largest absolute Gasteiger partial charge is 0.468 e. The van der Waals surface area contributed by atoms with Crippen molar-refractivity contribution in [1.82, 2.24) is 19.9 Å². The Labute approximate surface area is 112 Å². The first kappa shape index (κ1) is 12.4. The van der Waals surface area contributed by atoms with Crippen LogP contribution in [-0.2, 0) is 19.6 Å². The van der Waals surface area contributed by atoms with Crippen molar-refractivity contribution < 1.29 is 4.42 Å². The zero-order valence-corrected chi connectivity index (χ0v) is 10.9. The summed E-state index contributed by atoms with van der Waals surface area (Å²) in [7, 11) is 0. The van der Waals surface area contributed by atoms with Crippen molar-refractivity contribution in [3.63, 3.8) is 0 Å². The number of hydrogen-bond donors (Lipinski definition) is 1. The van der Waals surface area contributed by atoms with Crippen LogP contribution in [0.4, 0.5) is 0 Å². The first-order valence-electron chi connectivity index (χ1n) is 6.70. The van der Waals surface area contributed by atoms with Crippen molar-refractivity contribution in [2.75, 3.05) is 6.54 Å². The Morgan fingerprint density at radius 3 is 3.00 bits per heavy atom. The molecule has 2 N–H and O–H groups in total. The summed E-state index contributed by atoms with van der Waals surface area (Å²) < 4.78 is 7.28. The number of rotatable bonds is 7. The molecule has 0 amide bonds. The lowest BCUT2D eigenvalue weighted by Gasteiger charge is -2.20. The van der Waals surface area contributed by atoms with E-state index in [1.165, 1.54) is 12.8 Å². The SMILES string of the molecule is NCc1cn(CCN(Cc2ccco2)C2CC2)nn1. The minimum absolute atomic E-state index is 0.443. The van der Waals surface area contributed by atoms with Gasteiger partial charge in [-0.05, 0) is 25.0 Å². The van der Waals surface area contributed by atoms with E-state index in [-0.39, 0.29) is 0 Å². The van der Waals surface area contributed by atoms with Crippen molar-refractivity contribution in [3.05, 3.63) is 36.0 Å². The average molecular weight is 261 g/mol. The molecule has 0 aliphatic heterocycles. The van der Waals surface area contributed by atoms with E-state index in [4.69, 9.17) is 10.2 Å². The van der Waals surface area contributed by atoms with Crippen LogP contribution >= 0.6 is 0 Å². The van der Waals surface area contributed by atoms with Gasteiger partial charge >= 0.3 is 0 Å². The summed E-state index contributed by atoms with van der Waals surface area (Å²) >= 11 is 0. The molecule has 1 aliphatic rings. The lowest BCUT2D eigenvalue weighted by molar-refractivity contribution is 0.221. The minimum Gasteiger partial charge on any atom is -0.468 e. The van der Waals surface area contributed by atoms with Crippen LogP contribution in [0.2, 0.25) is 0 Å². The minimum atomic E-state index is 0.443. The number of hydrogen-bond acceptors (Lipinski definition) is 5. The molecular weight excluding hydrogens is 242 g/mol. The van der Waals surface area contributed by atoms with E-state index in [2.05, 4.69) is 15.2 Å². The summed E-state index contributed by atoms with van der Waals surface area (Å²) in [5.74, 6) is 1.02. The first-order valence-corrected chi connectivity index (χ1v) is 6.70. The highest BCUT2D eigenvalue weighted by atomic mass is 16.3. The van der Waals surface area contributed by atoms with Gasteiger partial charge in [-0.1, -0.05) is 5.21 Å². The molecule has 0 bridgehead atoms. The fraction of sp³-hybridized carbons (Fsp3) is 0.538. The third kappa shape index (κ3) is 3.21. The van der Waals surface area contributed by atoms with Gasteiger partial charge in [-0.15, -0.1) is 5.10 Å². The third-order valence-corrected chi connectivity index (χ3v) is 3.41. The maximum Gasteiger partial charge on any atom is 0.117 e. The maximum absolute atomic E-state index is 5.53. The van der Waals surface area contributed by atoms with E-state index in [9.17, 15) is 0 Å². The van der Waals surface area contributed by atoms with E-state index in [1.807, 2.05) is 23.0 Å². The van der Waals surface area contributed by atoms with Crippen LogP contribution in [0.25, 0.3) is 0 Å². The standard InChI is InChI=1S/C13H19N5O/c14-8-11-9-18(16-15-11)6-5-17(12-3-4-12)10-13-2-1-7-19-13/h1-2,7,9,12H,3-6,8,10,14H2. The van der Waals surface area contributed by atoms with Crippen molar-refractivity contribution in [1.29, 1.82) is 0 Å². The molecule has 0 saturated heterocycles. The van der Waals surface area contributed by atoms with E-state index < -0.39 is 0 Å². The van der Waals surface area contributed by atoms with Crippen LogP contribution in [0.1, 0.15) is 24.3 Å². The number of furan rings is 1. The summed E-state index contributed by atoms with van der Waals surface area (Å²) in [5, 5.41) is 8.07. The highest BCUT2D eigenvalue weighted by Crippen LogP contribution is 2.28. The van der Waals surface area contributed by atoms with Gasteiger partial charge in [0.05, 0.1) is 25.0 Å². The lowest BCUT2D eigenvalue weighted by atomic mass is 10.3. The Hall–Kier alpha value is -1.66. The second-order valence-corrected chi connectivity index (χ2v) is 4.96. The monoisotopic (exact) mass is 261 g/mol. The Morgan fingerprint density at radius 1 is 1.47 bits per heavy atom. The molecule has 2 aromatic heterocycles. The molecular formula is C13H19N5O. The molecule has 102 valence electrons. The van der Waals surface area contributed by atoms with E-state index in [0.717, 1.165) is 31.1 Å². The maximum atomic E-state index is 5.53. The molecule has 2 heterocycles. The van der Waals surface area contributed by atoms with Crippen molar-refractivity contribution in [2.45, 2.75) is 38.5 Å². The molecule has 0 atom stereocenters. The van der Waals surface area contributed by atoms with Crippen LogP contribution in [-0.4, -0.2) is 32.5 Å². The van der Waals surface area contributed by atoms with E-state index in [1.54, 1.807) is 6.26 Å². The van der Waals surface area contributed by atoms with Gasteiger partial charge in [0.15, 0.2) is 0 Å². The molecule has 0 radical (unpaired) electrons. The highest BCUT2D eigenvalue weighted by molar-refractivity contribution is 4.99. The number of aromatic nitrogens is 3. The summed E-state index contributed by atoms with van der Waals surface area (Å²) in [5.41, 5.74) is 6.37. The number of nitrogens with zero attached hydrogens (tertiary/aromatic N) is 4. The predicted molar refractivity (Wildman–Crippen MR) is 70.1 cm³/mol. The fourth-order valence-corrected chi connectivity index (χ4v) is 2.21. The average Bonchev–Trinajstić information content (AvgIpc) is 2.97. The molecule has 6 heteroatoms. The Bertz CT molecular complexity index is 503. The molecule has 2 aromatic rings. The van der Waals surface area contributed by atoms with Crippen LogP contribution in [0, 0.1) is 0 Å². The van der Waals surface area contributed by atoms with Crippen LogP contribution in [0.3, 0.4) is 0 Å². The van der Waals surface area contributed by atoms with Crippen molar-refractivity contribution >= 4 is 0 Å². The highest BCUT2D eigenvalue weighted by Gasteiger charge is 2.29. The molecule has 1 saturated carbocycles. The van der Waals surface area contributed by atoms with Gasteiger partial charge in [0.2, 0.25) is 0 Å². The molecule has 6 nitrogen and oxygen atoms in total. The molecule has 0 unspecified atom stereocenters. The van der Waals surface area contributed by atoms with Gasteiger partial charge < -0.3 is 10.2 Å². The van der Waals surface area contributed by atoms with Crippen LogP contribution in [0.5, 0.6) is 0 Å². The fourth-order valence-electron chi connectivity index (χ4n) is 2.21. The zero-order valence-electron chi connectivity index (χ0n) is 10.9. The third-order valence-electron chi connectivity index (χ3n) is 3.41. The summed E-state index contributed by atoms with van der Waals surface area (Å²) in [6.07, 6.45) is 6.21. The smallest absolute Gasteiger partial charge is 0.117 e. The van der Waals surface area contributed by atoms with Crippen LogP contribution in [0.15, 0.2) is 29.0 Å². The number of nitrogens with two attached hydrogens (primary N) is 1. The molecule has 1 fully saturated rings. The molecule has 19 heavy (non-hydrogen) atoms. The summed E-state index contributed by atoms with van der Waals surface area (Å²) in [6.45, 7) is 3.11. The van der Waals surface area contributed by atoms with Crippen molar-refractivity contribution in [3.8, 4) is 0 Å². The van der Waals surface area contributed by atoms with E-state index in [0.29, 0.717) is 12.6 Å². The van der Waals surface area contributed by atoms with Gasteiger partial charge in [-0.25, -0.2) is 0 Å². The van der Waals surface area contributed by atoms with Crippen molar-refractivity contribution in [2.24, 2.45) is 5.73 Å². The Morgan fingerprint density at radius 2 is 2.37 bits per heavy atom. The predicted octanol–water partition coefficient (Wildman–Crippen LogP) is 0.994. The van der Waals surface area contributed by atoms with Crippen LogP contribution < -0.4 is 5.73 Å². The van der Waals surface area contributed by atoms with Gasteiger partial charge in [0, 0.05) is 25.3 Å². The molecule has 0 aromatic carbocycles. The van der Waals surface area contributed by atoms with Gasteiger partial charge in [0.1, 0.15) is 5.76 Å². The van der Waals surface area contributed by atoms with E-state index >= 15 is 0 Å². The van der Waals surface area contributed by atoms with Gasteiger partial charge in [-0.3, -0.25) is 9.58 Å². The quantitative estimate of drug-likeness (QED) is 0.804. The summed E-state index contributed by atoms with van der Waals surface area (Å²) in [6, 6.07) is 4.66. The Kier molecular flexibility index (Phi) is 3.61. The summed E-state index contributed by atoms with van der Waals surface area (Å²) in [4.78, 5) is 2.45. The second kappa shape index (κ2) is 5.54.